The zero-order valence-electron chi connectivity index (χ0n) is 16.5. The molecule has 1 aliphatic heterocycles. The van der Waals surface area contributed by atoms with Crippen molar-refractivity contribution in [1.29, 1.82) is 0 Å². The van der Waals surface area contributed by atoms with E-state index in [1.54, 1.807) is 0 Å². The fourth-order valence-corrected chi connectivity index (χ4v) is 3.18. The van der Waals surface area contributed by atoms with E-state index < -0.39 is 0 Å². The fourth-order valence-electron chi connectivity index (χ4n) is 3.18. The molecule has 0 atom stereocenters. The summed E-state index contributed by atoms with van der Waals surface area (Å²) in [7, 11) is 0. The van der Waals surface area contributed by atoms with E-state index >= 15 is 0 Å². The summed E-state index contributed by atoms with van der Waals surface area (Å²) in [5.74, 6) is 0. The topological polar surface area (TPSA) is 15.7 Å². The Kier molecular flexibility index (Phi) is 14.1. The summed E-state index contributed by atoms with van der Waals surface area (Å²) in [4.78, 5) is 4.67. The first-order chi connectivity index (χ1) is 11.9. The second-order valence-corrected chi connectivity index (χ2v) is 7.27. The molecule has 1 rings (SSSR count). The van der Waals surface area contributed by atoms with Gasteiger partial charge in [0.25, 0.3) is 0 Å². The van der Waals surface area contributed by atoms with Crippen LogP contribution < -0.4 is 0 Å². The van der Waals surface area contributed by atoms with E-state index in [2.05, 4.69) is 36.0 Å². The van der Waals surface area contributed by atoms with Crippen LogP contribution in [0.1, 0.15) is 97.3 Å². The minimum atomic E-state index is 0.749. The van der Waals surface area contributed by atoms with Gasteiger partial charge in [-0.05, 0) is 12.8 Å². The molecule has 0 aromatic rings. The van der Waals surface area contributed by atoms with E-state index in [-0.39, 0.29) is 0 Å². The highest BCUT2D eigenvalue weighted by Crippen LogP contribution is 2.11. The van der Waals surface area contributed by atoms with Crippen LogP contribution in [0, 0.1) is 0 Å². The van der Waals surface area contributed by atoms with Crippen LogP contribution in [0.5, 0.6) is 0 Å². The molecule has 0 N–H and O–H groups in total. The molecule has 0 aromatic heterocycles. The minimum absolute atomic E-state index is 0.749. The highest BCUT2D eigenvalue weighted by molar-refractivity contribution is 4.89. The average molecular weight is 339 g/mol. The van der Waals surface area contributed by atoms with Crippen molar-refractivity contribution in [3.63, 3.8) is 0 Å². The lowest BCUT2D eigenvalue weighted by Crippen LogP contribution is -2.28. The molecule has 3 nitrogen and oxygen atoms in total. The van der Waals surface area contributed by atoms with Crippen molar-refractivity contribution in [2.45, 2.75) is 97.3 Å². The molecule has 0 aliphatic carbocycles. The smallest absolute Gasteiger partial charge is 0.119 e. The summed E-state index contributed by atoms with van der Waals surface area (Å²) in [6, 6.07) is 0. The lowest BCUT2D eigenvalue weighted by Gasteiger charge is -2.21. The monoisotopic (exact) mass is 338 g/mol. The summed E-state index contributed by atoms with van der Waals surface area (Å²) in [5.41, 5.74) is 0. The molecular formula is C21H42N2O. The van der Waals surface area contributed by atoms with Gasteiger partial charge in [-0.15, -0.1) is 0 Å². The summed E-state index contributed by atoms with van der Waals surface area (Å²) in [5, 5.41) is 0. The molecule has 0 aromatic carbocycles. The summed E-state index contributed by atoms with van der Waals surface area (Å²) < 4.78 is 5.82. The van der Waals surface area contributed by atoms with Crippen LogP contribution in [0.4, 0.5) is 0 Å². The highest BCUT2D eigenvalue weighted by Gasteiger charge is 2.11. The molecule has 24 heavy (non-hydrogen) atoms. The lowest BCUT2D eigenvalue weighted by molar-refractivity contribution is 0.0423. The first kappa shape index (κ1) is 21.3. The number of hydrogen-bond acceptors (Lipinski definition) is 3. The third-order valence-electron chi connectivity index (χ3n) is 4.80. The Hall–Kier alpha value is -0.700. The van der Waals surface area contributed by atoms with Crippen LogP contribution >= 0.6 is 0 Å². The lowest BCUT2D eigenvalue weighted by atomic mass is 10.1. The van der Waals surface area contributed by atoms with E-state index in [0.717, 1.165) is 20.0 Å². The van der Waals surface area contributed by atoms with Crippen molar-refractivity contribution in [2.75, 3.05) is 26.6 Å². The van der Waals surface area contributed by atoms with Gasteiger partial charge in [0.05, 0.1) is 6.67 Å². The van der Waals surface area contributed by atoms with Gasteiger partial charge in [0.2, 0.25) is 0 Å². The van der Waals surface area contributed by atoms with Crippen molar-refractivity contribution in [1.82, 2.24) is 9.80 Å². The maximum Gasteiger partial charge on any atom is 0.119 e. The highest BCUT2D eigenvalue weighted by atomic mass is 16.5. The van der Waals surface area contributed by atoms with E-state index in [1.807, 2.05) is 0 Å². The van der Waals surface area contributed by atoms with Gasteiger partial charge in [0.1, 0.15) is 6.73 Å². The molecule has 1 aliphatic rings. The van der Waals surface area contributed by atoms with Crippen LogP contribution in [0.3, 0.4) is 0 Å². The second kappa shape index (κ2) is 15.8. The SMILES string of the molecule is CCCCCCCCCCCOCN1C=CN(CCCCCC)C1. The van der Waals surface area contributed by atoms with Crippen molar-refractivity contribution in [3.05, 3.63) is 12.4 Å². The van der Waals surface area contributed by atoms with Crippen LogP contribution in [0.25, 0.3) is 0 Å². The number of hydrogen-bond donors (Lipinski definition) is 0. The molecule has 0 radical (unpaired) electrons. The summed E-state index contributed by atoms with van der Waals surface area (Å²) >= 11 is 0. The molecule has 142 valence electrons. The molecule has 1 heterocycles. The molecule has 0 fully saturated rings. The van der Waals surface area contributed by atoms with Crippen molar-refractivity contribution in [2.24, 2.45) is 0 Å². The molecule has 0 saturated heterocycles. The third kappa shape index (κ3) is 11.8. The third-order valence-corrected chi connectivity index (χ3v) is 4.80. The first-order valence-corrected chi connectivity index (χ1v) is 10.6. The van der Waals surface area contributed by atoms with Crippen LogP contribution in [-0.4, -0.2) is 36.4 Å². The molecule has 3 heteroatoms. The van der Waals surface area contributed by atoms with Crippen LogP contribution in [-0.2, 0) is 4.74 Å². The van der Waals surface area contributed by atoms with Gasteiger partial charge in [-0.2, -0.15) is 0 Å². The predicted octanol–water partition coefficient (Wildman–Crippen LogP) is 6.12. The maximum absolute atomic E-state index is 5.82. The van der Waals surface area contributed by atoms with Gasteiger partial charge in [-0.25, -0.2) is 0 Å². The Morgan fingerprint density at radius 3 is 1.88 bits per heavy atom. The second-order valence-electron chi connectivity index (χ2n) is 7.27. The summed E-state index contributed by atoms with van der Waals surface area (Å²) in [6.07, 6.45) is 22.1. The molecule has 0 bridgehead atoms. The fraction of sp³-hybridized carbons (Fsp3) is 0.905. The van der Waals surface area contributed by atoms with Crippen molar-refractivity contribution < 1.29 is 4.74 Å². The Bertz CT molecular complexity index is 294. The van der Waals surface area contributed by atoms with Crippen molar-refractivity contribution >= 4 is 0 Å². The van der Waals surface area contributed by atoms with Gasteiger partial charge in [0.15, 0.2) is 0 Å². The van der Waals surface area contributed by atoms with Crippen molar-refractivity contribution in [3.8, 4) is 0 Å². The Morgan fingerprint density at radius 2 is 1.21 bits per heavy atom. The first-order valence-electron chi connectivity index (χ1n) is 10.6. The predicted molar refractivity (Wildman–Crippen MR) is 105 cm³/mol. The quantitative estimate of drug-likeness (QED) is 0.297. The number of unbranched alkanes of at least 4 members (excludes halogenated alkanes) is 11. The van der Waals surface area contributed by atoms with E-state index in [4.69, 9.17) is 4.74 Å². The van der Waals surface area contributed by atoms with E-state index in [1.165, 1.54) is 90.0 Å². The van der Waals surface area contributed by atoms with Gasteiger partial charge < -0.3 is 14.5 Å². The zero-order chi connectivity index (χ0) is 17.3. The summed E-state index contributed by atoms with van der Waals surface area (Å²) in [6.45, 7) is 8.40. The Labute approximate surface area is 151 Å². The number of nitrogens with zero attached hydrogens (tertiary/aromatic N) is 2. The number of rotatable bonds is 17. The maximum atomic E-state index is 5.82. The normalized spacial score (nSPS) is 14.1. The molecule has 0 saturated carbocycles. The van der Waals surface area contributed by atoms with Crippen LogP contribution in [0.2, 0.25) is 0 Å². The largest absolute Gasteiger partial charge is 0.361 e. The molecule has 0 unspecified atom stereocenters. The van der Waals surface area contributed by atoms with Gasteiger partial charge in [-0.3, -0.25) is 0 Å². The minimum Gasteiger partial charge on any atom is -0.361 e. The van der Waals surface area contributed by atoms with E-state index in [9.17, 15) is 0 Å². The Balaban J connectivity index is 1.81. The van der Waals surface area contributed by atoms with Gasteiger partial charge in [-0.1, -0.05) is 84.5 Å². The molecule has 0 spiro atoms. The Morgan fingerprint density at radius 1 is 0.667 bits per heavy atom. The van der Waals surface area contributed by atoms with E-state index in [0.29, 0.717) is 0 Å². The molecule has 0 amide bonds. The van der Waals surface area contributed by atoms with Gasteiger partial charge in [0, 0.05) is 25.6 Å². The zero-order valence-corrected chi connectivity index (χ0v) is 16.5. The molecular weight excluding hydrogens is 296 g/mol. The van der Waals surface area contributed by atoms with Gasteiger partial charge >= 0.3 is 0 Å². The standard InChI is InChI=1S/C21H42N2O/c1-3-5-7-9-10-11-12-13-15-19-24-21-23-18-17-22(20-23)16-14-8-6-4-2/h17-18H,3-16,19-21H2,1-2H3. The number of ether oxygens (including phenoxy) is 1. The average Bonchev–Trinajstić information content (AvgIpc) is 3.04. The van der Waals surface area contributed by atoms with Crippen LogP contribution in [0.15, 0.2) is 12.4 Å².